The molecule has 0 aliphatic heterocycles. The molecule has 0 spiro atoms. The lowest BCUT2D eigenvalue weighted by Crippen LogP contribution is -1.82. The second-order valence-corrected chi connectivity index (χ2v) is 7.71. The Labute approximate surface area is 154 Å². The maximum absolute atomic E-state index is 2.43. The highest BCUT2D eigenvalue weighted by Gasteiger charge is 1.93. The van der Waals surface area contributed by atoms with Crippen LogP contribution < -0.4 is 0 Å². The van der Waals surface area contributed by atoms with Crippen molar-refractivity contribution in [2.24, 2.45) is 0 Å². The first kappa shape index (κ1) is 23.7. The van der Waals surface area contributed by atoms with Crippen LogP contribution in [0.4, 0.5) is 0 Å². The van der Waals surface area contributed by atoms with Crippen LogP contribution in [-0.4, -0.2) is 0 Å². The van der Waals surface area contributed by atoms with Crippen molar-refractivity contribution in [3.05, 3.63) is 12.2 Å². The summed E-state index contributed by atoms with van der Waals surface area (Å²) < 4.78 is 0. The van der Waals surface area contributed by atoms with Crippen LogP contribution in [0.2, 0.25) is 0 Å². The standard InChI is InChI=1S/C24H48/c1-3-5-7-9-11-13-15-17-19-21-23-24-22-20-18-16-14-12-10-8-6-4-2/h17,19H,3-16,18,20-24H2,1-2H3/b19-17+. The third-order valence-electron chi connectivity index (χ3n) is 5.12. The van der Waals surface area contributed by atoms with Gasteiger partial charge in [0.25, 0.3) is 0 Å². The molecule has 0 unspecified atom stereocenters. The highest BCUT2D eigenvalue weighted by Crippen LogP contribution is 2.13. The molecule has 0 atom stereocenters. The number of unbranched alkanes of at least 4 members (excludes halogenated alkanes) is 18. The molecule has 0 bridgehead atoms. The molecule has 0 N–H and O–H groups in total. The third kappa shape index (κ3) is 21.7. The zero-order valence-corrected chi connectivity index (χ0v) is 17.3. The monoisotopic (exact) mass is 336 g/mol. The van der Waals surface area contributed by atoms with E-state index in [1.165, 1.54) is 128 Å². The van der Waals surface area contributed by atoms with Crippen LogP contribution in [0.15, 0.2) is 12.2 Å². The Morgan fingerprint density at radius 2 is 0.583 bits per heavy atom. The van der Waals surface area contributed by atoms with E-state index in [0.717, 1.165) is 0 Å². The maximum Gasteiger partial charge on any atom is -0.0351 e. The Balaban J connectivity index is 3.03. The zero-order valence-electron chi connectivity index (χ0n) is 17.3. The minimum atomic E-state index is 1.31. The molecule has 24 heavy (non-hydrogen) atoms. The lowest BCUT2D eigenvalue weighted by atomic mass is 10.0. The molecule has 0 heterocycles. The van der Waals surface area contributed by atoms with Crippen molar-refractivity contribution in [1.82, 2.24) is 0 Å². The third-order valence-corrected chi connectivity index (χ3v) is 5.12. The quantitative estimate of drug-likeness (QED) is 0.153. The molecular weight excluding hydrogens is 288 g/mol. The minimum absolute atomic E-state index is 1.31. The Morgan fingerprint density at radius 1 is 0.333 bits per heavy atom. The summed E-state index contributed by atoms with van der Waals surface area (Å²) in [4.78, 5) is 0. The molecule has 0 aliphatic rings. The van der Waals surface area contributed by atoms with Gasteiger partial charge in [-0.3, -0.25) is 0 Å². The second-order valence-electron chi connectivity index (χ2n) is 7.71. The first-order chi connectivity index (χ1) is 11.9. The highest BCUT2D eigenvalue weighted by atomic mass is 14.0. The molecular formula is C24H48. The molecule has 144 valence electrons. The first-order valence-corrected chi connectivity index (χ1v) is 11.6. The average Bonchev–Trinajstić information content (AvgIpc) is 2.60. The van der Waals surface area contributed by atoms with E-state index in [1.54, 1.807) is 0 Å². The first-order valence-electron chi connectivity index (χ1n) is 11.6. The van der Waals surface area contributed by atoms with Crippen LogP contribution in [0.25, 0.3) is 0 Å². The van der Waals surface area contributed by atoms with Gasteiger partial charge in [0.2, 0.25) is 0 Å². The summed E-state index contributed by atoms with van der Waals surface area (Å²) in [6, 6.07) is 0. The molecule has 0 saturated carbocycles. The van der Waals surface area contributed by atoms with E-state index in [4.69, 9.17) is 0 Å². The van der Waals surface area contributed by atoms with Crippen molar-refractivity contribution in [1.29, 1.82) is 0 Å². The van der Waals surface area contributed by atoms with E-state index >= 15 is 0 Å². The summed E-state index contributed by atoms with van der Waals surface area (Å²) in [5, 5.41) is 0. The molecule has 0 amide bonds. The molecule has 0 saturated heterocycles. The van der Waals surface area contributed by atoms with Crippen LogP contribution in [-0.2, 0) is 0 Å². The SMILES string of the molecule is CCCCCCCC/C=C/CCCCCCCCCCCCCC. The van der Waals surface area contributed by atoms with Gasteiger partial charge in [0.1, 0.15) is 0 Å². The normalized spacial score (nSPS) is 11.6. The molecule has 0 radical (unpaired) electrons. The smallest absolute Gasteiger partial charge is 0.0351 e. The van der Waals surface area contributed by atoms with E-state index in [9.17, 15) is 0 Å². The van der Waals surface area contributed by atoms with Gasteiger partial charge in [-0.25, -0.2) is 0 Å². The molecule has 0 aromatic heterocycles. The van der Waals surface area contributed by atoms with E-state index in [0.29, 0.717) is 0 Å². The highest BCUT2D eigenvalue weighted by molar-refractivity contribution is 4.81. The van der Waals surface area contributed by atoms with Gasteiger partial charge in [0, 0.05) is 0 Å². The van der Waals surface area contributed by atoms with E-state index in [-0.39, 0.29) is 0 Å². The molecule has 0 aromatic carbocycles. The van der Waals surface area contributed by atoms with Crippen LogP contribution in [0.3, 0.4) is 0 Å². The Hall–Kier alpha value is -0.260. The van der Waals surface area contributed by atoms with Crippen molar-refractivity contribution in [3.63, 3.8) is 0 Å². The molecule has 0 rings (SSSR count). The predicted molar refractivity (Wildman–Crippen MR) is 113 cm³/mol. The van der Waals surface area contributed by atoms with Gasteiger partial charge >= 0.3 is 0 Å². The van der Waals surface area contributed by atoms with Gasteiger partial charge in [0.15, 0.2) is 0 Å². The van der Waals surface area contributed by atoms with Crippen molar-refractivity contribution >= 4 is 0 Å². The number of hydrogen-bond acceptors (Lipinski definition) is 0. The molecule has 0 nitrogen and oxygen atoms in total. The second kappa shape index (κ2) is 22.7. The summed E-state index contributed by atoms with van der Waals surface area (Å²) in [6.45, 7) is 4.59. The van der Waals surface area contributed by atoms with Crippen LogP contribution in [0, 0.1) is 0 Å². The van der Waals surface area contributed by atoms with Gasteiger partial charge in [-0.15, -0.1) is 0 Å². The fourth-order valence-electron chi connectivity index (χ4n) is 3.38. The topological polar surface area (TPSA) is 0 Å². The zero-order chi connectivity index (χ0) is 17.6. The summed E-state index contributed by atoms with van der Waals surface area (Å²) in [6.07, 6.45) is 33.4. The van der Waals surface area contributed by atoms with Crippen molar-refractivity contribution in [2.75, 3.05) is 0 Å². The van der Waals surface area contributed by atoms with Crippen molar-refractivity contribution in [3.8, 4) is 0 Å². The lowest BCUT2D eigenvalue weighted by Gasteiger charge is -2.02. The fourth-order valence-corrected chi connectivity index (χ4v) is 3.38. The van der Waals surface area contributed by atoms with Gasteiger partial charge in [0.05, 0.1) is 0 Å². The summed E-state index contributed by atoms with van der Waals surface area (Å²) >= 11 is 0. The number of allylic oxidation sites excluding steroid dienone is 2. The van der Waals surface area contributed by atoms with Gasteiger partial charge in [-0.05, 0) is 25.7 Å². The van der Waals surface area contributed by atoms with E-state index < -0.39 is 0 Å². The summed E-state index contributed by atoms with van der Waals surface area (Å²) in [5.41, 5.74) is 0. The summed E-state index contributed by atoms with van der Waals surface area (Å²) in [5.74, 6) is 0. The Kier molecular flexibility index (Phi) is 22.5. The average molecular weight is 337 g/mol. The van der Waals surface area contributed by atoms with E-state index in [2.05, 4.69) is 26.0 Å². The van der Waals surface area contributed by atoms with Crippen molar-refractivity contribution < 1.29 is 0 Å². The van der Waals surface area contributed by atoms with Crippen LogP contribution in [0.5, 0.6) is 0 Å². The Morgan fingerprint density at radius 3 is 0.875 bits per heavy atom. The molecule has 0 aliphatic carbocycles. The lowest BCUT2D eigenvalue weighted by molar-refractivity contribution is 0.545. The molecule has 0 fully saturated rings. The van der Waals surface area contributed by atoms with Gasteiger partial charge < -0.3 is 0 Å². The van der Waals surface area contributed by atoms with E-state index in [1.807, 2.05) is 0 Å². The molecule has 0 heteroatoms. The van der Waals surface area contributed by atoms with Crippen LogP contribution >= 0.6 is 0 Å². The van der Waals surface area contributed by atoms with Crippen molar-refractivity contribution in [2.45, 2.75) is 142 Å². The Bertz CT molecular complexity index is 228. The van der Waals surface area contributed by atoms with Gasteiger partial charge in [-0.2, -0.15) is 0 Å². The molecule has 0 aromatic rings. The maximum atomic E-state index is 2.43. The number of hydrogen-bond donors (Lipinski definition) is 0. The fraction of sp³-hybridized carbons (Fsp3) is 0.917. The largest absolute Gasteiger partial charge is 0.0885 e. The van der Waals surface area contributed by atoms with Crippen LogP contribution in [0.1, 0.15) is 142 Å². The van der Waals surface area contributed by atoms with Gasteiger partial charge in [-0.1, -0.05) is 129 Å². The number of rotatable bonds is 20. The minimum Gasteiger partial charge on any atom is -0.0885 e. The predicted octanol–water partition coefficient (Wildman–Crippen LogP) is 9.38. The summed E-state index contributed by atoms with van der Waals surface area (Å²) in [7, 11) is 0.